The number of rotatable bonds is 47. The van der Waals surface area contributed by atoms with Crippen LogP contribution in [0.5, 0.6) is 0 Å². The van der Waals surface area contributed by atoms with Crippen LogP contribution in [0, 0.1) is 0 Å². The fraction of sp³-hybridized carbons (Fsp3) is 0.696. The number of likely N-dealkylation sites (N-methyl/N-ethyl adjacent to an activating group) is 1. The second-order valence-electron chi connectivity index (χ2n) is 18.1. The van der Waals surface area contributed by atoms with Crippen LogP contribution in [-0.2, 0) is 27.9 Å². The van der Waals surface area contributed by atoms with Crippen molar-refractivity contribution >= 4 is 13.8 Å². The van der Waals surface area contributed by atoms with E-state index in [1.807, 2.05) is 21.1 Å². The van der Waals surface area contributed by atoms with Crippen molar-refractivity contribution in [1.82, 2.24) is 0 Å². The first-order valence-corrected chi connectivity index (χ1v) is 27.4. The number of ether oxygens (including phenoxy) is 2. The summed E-state index contributed by atoms with van der Waals surface area (Å²) in [6.07, 6.45) is 65.7. The van der Waals surface area contributed by atoms with E-state index in [2.05, 4.69) is 111 Å². The van der Waals surface area contributed by atoms with E-state index in [-0.39, 0.29) is 25.8 Å². The first-order valence-electron chi connectivity index (χ1n) is 26.0. The smallest absolute Gasteiger partial charge is 0.306 e. The van der Waals surface area contributed by atoms with E-state index < -0.39 is 13.9 Å². The van der Waals surface area contributed by atoms with Crippen LogP contribution >= 0.6 is 7.82 Å². The minimum absolute atomic E-state index is 0.0147. The van der Waals surface area contributed by atoms with Gasteiger partial charge in [-0.15, -0.1) is 0 Å². The molecule has 0 radical (unpaired) electrons. The summed E-state index contributed by atoms with van der Waals surface area (Å²) in [4.78, 5) is 25.2. The van der Waals surface area contributed by atoms with Crippen molar-refractivity contribution in [3.63, 3.8) is 0 Å². The zero-order valence-electron chi connectivity index (χ0n) is 42.4. The maximum absolute atomic E-state index is 12.7. The van der Waals surface area contributed by atoms with Crippen LogP contribution in [0.15, 0.2) is 97.2 Å². The molecule has 9 heteroatoms. The molecule has 0 aromatic rings. The molecule has 2 atom stereocenters. The van der Waals surface area contributed by atoms with Gasteiger partial charge in [0.1, 0.15) is 19.3 Å². The number of phosphoric ester groups is 1. The highest BCUT2D eigenvalue weighted by Crippen LogP contribution is 2.38. The number of hydrogen-bond acceptors (Lipinski definition) is 7. The van der Waals surface area contributed by atoms with Crippen LogP contribution < -0.4 is 4.89 Å². The summed E-state index contributed by atoms with van der Waals surface area (Å²) in [6, 6.07) is 0. The largest absolute Gasteiger partial charge is 0.756 e. The van der Waals surface area contributed by atoms with Crippen LogP contribution in [0.2, 0.25) is 0 Å². The van der Waals surface area contributed by atoms with E-state index in [9.17, 15) is 14.3 Å². The molecule has 0 aromatic heterocycles. The Balaban J connectivity index is 4.23. The van der Waals surface area contributed by atoms with E-state index in [4.69, 9.17) is 18.5 Å². The van der Waals surface area contributed by atoms with Gasteiger partial charge in [-0.25, -0.2) is 0 Å². The molecule has 0 amide bonds. The van der Waals surface area contributed by atoms with Crippen molar-refractivity contribution in [2.45, 2.75) is 200 Å². The van der Waals surface area contributed by atoms with E-state index in [1.54, 1.807) is 0 Å². The zero-order chi connectivity index (χ0) is 47.6. The zero-order valence-corrected chi connectivity index (χ0v) is 43.3. The molecular weight excluding hydrogens is 830 g/mol. The average molecular weight is 928 g/mol. The van der Waals surface area contributed by atoms with E-state index in [0.29, 0.717) is 24.1 Å². The molecule has 0 bridgehead atoms. The first-order chi connectivity index (χ1) is 31.6. The van der Waals surface area contributed by atoms with Crippen molar-refractivity contribution in [2.75, 3.05) is 54.1 Å². The molecule has 2 unspecified atom stereocenters. The Bertz CT molecular complexity index is 1360. The highest BCUT2D eigenvalue weighted by molar-refractivity contribution is 7.45. The number of nitrogens with zero attached hydrogens (tertiary/aromatic N) is 1. The molecule has 0 rings (SSSR count). The molecule has 0 N–H and O–H groups in total. The van der Waals surface area contributed by atoms with Gasteiger partial charge in [-0.3, -0.25) is 9.36 Å². The number of phosphoric acid groups is 1. The van der Waals surface area contributed by atoms with Gasteiger partial charge in [0.25, 0.3) is 7.82 Å². The second-order valence-corrected chi connectivity index (χ2v) is 19.6. The topological polar surface area (TPSA) is 94.1 Å². The van der Waals surface area contributed by atoms with Gasteiger partial charge in [0.05, 0.1) is 34.4 Å². The number of allylic oxidation sites excluding steroid dienone is 16. The van der Waals surface area contributed by atoms with E-state index >= 15 is 0 Å². The standard InChI is InChI=1S/C56H98NO7P/c1-6-8-10-12-14-16-18-20-22-24-25-26-27-28-29-30-31-32-34-36-38-40-42-44-46-48-51-61-53-55(54-63-65(59,60)62-52-50-57(3,4)5)64-56(58)49-47-45-43-41-39-37-35-33-23-21-19-17-15-13-11-9-7-2/h8,10,14,16,20-23,25-26,28-29,31-32,36,38,55H,6-7,9,11-13,15,17-19,24,27,30,33-35,37,39-54H2,1-5H3/b10-8-,16-14-,22-20-,23-21-,26-25-,29-28-,32-31-,38-36-. The monoisotopic (exact) mass is 928 g/mol. The number of hydrogen-bond donors (Lipinski definition) is 0. The number of carbonyl (C=O) groups is 1. The van der Waals surface area contributed by atoms with Gasteiger partial charge in [0, 0.05) is 13.0 Å². The first kappa shape index (κ1) is 62.4. The Hall–Kier alpha value is -2.58. The normalized spacial score (nSPS) is 14.4. The molecular formula is C56H98NO7P. The Morgan fingerprint density at radius 2 is 0.892 bits per heavy atom. The molecule has 0 aromatic carbocycles. The number of carbonyl (C=O) groups excluding carboxylic acids is 1. The van der Waals surface area contributed by atoms with Crippen LogP contribution in [0.1, 0.15) is 194 Å². The van der Waals surface area contributed by atoms with Crippen molar-refractivity contribution in [2.24, 2.45) is 0 Å². The lowest BCUT2D eigenvalue weighted by molar-refractivity contribution is -0.870. The maximum Gasteiger partial charge on any atom is 0.306 e. The van der Waals surface area contributed by atoms with Gasteiger partial charge < -0.3 is 27.9 Å². The highest BCUT2D eigenvalue weighted by Gasteiger charge is 2.20. The van der Waals surface area contributed by atoms with Crippen molar-refractivity contribution in [3.8, 4) is 0 Å². The second kappa shape index (κ2) is 47.9. The minimum atomic E-state index is -4.55. The maximum atomic E-state index is 12.7. The number of quaternary nitrogens is 1. The quantitative estimate of drug-likeness (QED) is 0.0197. The molecule has 0 saturated carbocycles. The Morgan fingerprint density at radius 3 is 1.35 bits per heavy atom. The lowest BCUT2D eigenvalue weighted by atomic mass is 10.1. The Kier molecular flexibility index (Phi) is 46.0. The number of esters is 1. The number of unbranched alkanes of at least 4 members (excludes halogenated alkanes) is 17. The molecule has 0 saturated heterocycles. The summed E-state index contributed by atoms with van der Waals surface area (Å²) in [5, 5.41) is 0. The van der Waals surface area contributed by atoms with Crippen LogP contribution in [0.25, 0.3) is 0 Å². The summed E-state index contributed by atoms with van der Waals surface area (Å²) >= 11 is 0. The highest BCUT2D eigenvalue weighted by atomic mass is 31.2. The fourth-order valence-corrected chi connectivity index (χ4v) is 7.37. The van der Waals surface area contributed by atoms with Gasteiger partial charge in [-0.05, 0) is 96.3 Å². The van der Waals surface area contributed by atoms with Crippen molar-refractivity contribution in [1.29, 1.82) is 0 Å². The summed E-state index contributed by atoms with van der Waals surface area (Å²) in [7, 11) is 1.32. The Labute approximate surface area is 400 Å². The summed E-state index contributed by atoms with van der Waals surface area (Å²) < 4.78 is 34.7. The third kappa shape index (κ3) is 52.3. The van der Waals surface area contributed by atoms with Crippen LogP contribution in [-0.4, -0.2) is 70.7 Å². The van der Waals surface area contributed by atoms with Crippen LogP contribution in [0.3, 0.4) is 0 Å². The third-order valence-electron chi connectivity index (χ3n) is 10.6. The van der Waals surface area contributed by atoms with Crippen molar-refractivity contribution < 1.29 is 37.3 Å². The molecule has 0 spiro atoms. The average Bonchev–Trinajstić information content (AvgIpc) is 3.27. The summed E-state index contributed by atoms with van der Waals surface area (Å²) in [6.45, 7) is 5.21. The molecule has 0 aliphatic heterocycles. The molecule has 65 heavy (non-hydrogen) atoms. The fourth-order valence-electron chi connectivity index (χ4n) is 6.64. The van der Waals surface area contributed by atoms with Gasteiger partial charge in [-0.1, -0.05) is 188 Å². The lowest BCUT2D eigenvalue weighted by Gasteiger charge is -2.28. The summed E-state index contributed by atoms with van der Waals surface area (Å²) in [5.41, 5.74) is 0. The molecule has 0 aliphatic carbocycles. The van der Waals surface area contributed by atoms with E-state index in [0.717, 1.165) is 96.3 Å². The predicted molar refractivity (Wildman–Crippen MR) is 277 cm³/mol. The molecule has 8 nitrogen and oxygen atoms in total. The van der Waals surface area contributed by atoms with Gasteiger partial charge >= 0.3 is 5.97 Å². The van der Waals surface area contributed by atoms with Gasteiger partial charge in [0.2, 0.25) is 0 Å². The van der Waals surface area contributed by atoms with Gasteiger partial charge in [0.15, 0.2) is 0 Å². The minimum Gasteiger partial charge on any atom is -0.756 e. The molecule has 0 fully saturated rings. The van der Waals surface area contributed by atoms with Gasteiger partial charge in [-0.2, -0.15) is 0 Å². The Morgan fingerprint density at radius 1 is 0.492 bits per heavy atom. The third-order valence-corrected chi connectivity index (χ3v) is 11.6. The summed E-state index contributed by atoms with van der Waals surface area (Å²) in [5.74, 6) is -0.351. The predicted octanol–water partition coefficient (Wildman–Crippen LogP) is 15.5. The molecule has 0 aliphatic rings. The van der Waals surface area contributed by atoms with Crippen LogP contribution in [0.4, 0.5) is 0 Å². The molecule has 374 valence electrons. The van der Waals surface area contributed by atoms with E-state index in [1.165, 1.54) is 77.0 Å². The molecule has 0 heterocycles. The lowest BCUT2D eigenvalue weighted by Crippen LogP contribution is -2.37. The van der Waals surface area contributed by atoms with Crippen molar-refractivity contribution in [3.05, 3.63) is 97.2 Å². The SMILES string of the molecule is CC/C=C\C/C=C\C/C=C\C/C=C\C/C=C\C/C=C\C/C=C\CCCCCCOCC(COP(=O)([O-])OCC[N+](C)(C)C)OC(=O)CCCCCCCCC/C=C\CCCCCCCC.